The van der Waals surface area contributed by atoms with Gasteiger partial charge in [0.2, 0.25) is 5.91 Å². The van der Waals surface area contributed by atoms with Crippen molar-refractivity contribution in [3.63, 3.8) is 0 Å². The van der Waals surface area contributed by atoms with Crippen molar-refractivity contribution in [2.24, 2.45) is 5.92 Å². The van der Waals surface area contributed by atoms with Crippen molar-refractivity contribution in [1.29, 1.82) is 0 Å². The second-order valence-electron chi connectivity index (χ2n) is 5.83. The number of halogens is 1. The fraction of sp³-hybridized carbons (Fsp3) is 0.333. The number of pyridine rings is 1. The number of hydrogen-bond acceptors (Lipinski definition) is 3. The van der Waals surface area contributed by atoms with Gasteiger partial charge in [-0.3, -0.25) is 9.78 Å². The van der Waals surface area contributed by atoms with Gasteiger partial charge in [-0.15, -0.1) is 0 Å². The fourth-order valence-electron chi connectivity index (χ4n) is 2.21. The number of nitrogens with zero attached hydrogens (tertiary/aromatic N) is 1. The van der Waals surface area contributed by atoms with E-state index in [9.17, 15) is 9.90 Å². The van der Waals surface area contributed by atoms with E-state index in [1.807, 2.05) is 44.2 Å². The van der Waals surface area contributed by atoms with Crippen LogP contribution >= 0.6 is 11.6 Å². The van der Waals surface area contributed by atoms with Crippen molar-refractivity contribution >= 4 is 17.5 Å². The Morgan fingerprint density at radius 2 is 2.04 bits per heavy atom. The van der Waals surface area contributed by atoms with E-state index in [0.717, 1.165) is 11.3 Å². The molecule has 2 aromatic rings. The smallest absolute Gasteiger partial charge is 0.223 e. The van der Waals surface area contributed by atoms with Crippen molar-refractivity contribution in [3.8, 4) is 0 Å². The van der Waals surface area contributed by atoms with Gasteiger partial charge in [-0.05, 0) is 35.7 Å². The normalized spacial score (nSPS) is 13.6. The minimum atomic E-state index is -0.668. The first kappa shape index (κ1) is 17.4. The summed E-state index contributed by atoms with van der Waals surface area (Å²) in [6.45, 7) is 3.76. The molecule has 1 amide bonds. The molecule has 0 spiro atoms. The summed E-state index contributed by atoms with van der Waals surface area (Å²) in [5, 5.41) is 13.4. The van der Waals surface area contributed by atoms with Crippen LogP contribution in [0.25, 0.3) is 0 Å². The number of nitrogens with one attached hydrogen (secondary N) is 1. The second kappa shape index (κ2) is 8.09. The predicted octanol–water partition coefficient (Wildman–Crippen LogP) is 3.35. The third-order valence-electron chi connectivity index (χ3n) is 3.63. The molecule has 5 heteroatoms. The van der Waals surface area contributed by atoms with Gasteiger partial charge in [0, 0.05) is 11.2 Å². The molecule has 1 aromatic heterocycles. The molecule has 0 fully saturated rings. The van der Waals surface area contributed by atoms with Gasteiger partial charge in [0.25, 0.3) is 0 Å². The molecule has 2 atom stereocenters. The average molecular weight is 333 g/mol. The van der Waals surface area contributed by atoms with Crippen LogP contribution in [0.5, 0.6) is 0 Å². The van der Waals surface area contributed by atoms with E-state index >= 15 is 0 Å². The molecule has 2 N–H and O–H groups in total. The van der Waals surface area contributed by atoms with Gasteiger partial charge in [0.05, 0.1) is 24.3 Å². The van der Waals surface area contributed by atoms with Crippen LogP contribution in [0, 0.1) is 5.92 Å². The predicted molar refractivity (Wildman–Crippen MR) is 91.1 cm³/mol. The van der Waals surface area contributed by atoms with Crippen LogP contribution in [-0.4, -0.2) is 22.1 Å². The highest BCUT2D eigenvalue weighted by Gasteiger charge is 2.21. The average Bonchev–Trinajstić information content (AvgIpc) is 2.53. The van der Waals surface area contributed by atoms with Crippen molar-refractivity contribution in [2.75, 3.05) is 0 Å². The van der Waals surface area contributed by atoms with Crippen molar-refractivity contribution in [1.82, 2.24) is 10.3 Å². The first-order chi connectivity index (χ1) is 11.0. The van der Waals surface area contributed by atoms with Gasteiger partial charge >= 0.3 is 0 Å². The zero-order valence-electron chi connectivity index (χ0n) is 13.2. The molecule has 23 heavy (non-hydrogen) atoms. The van der Waals surface area contributed by atoms with Crippen LogP contribution in [0.2, 0.25) is 5.02 Å². The standard InChI is InChI=1S/C18H21ClN2O2/c1-12(2)16(22)11-17(23)21-18(15-8-3-4-9-20-15)13-6-5-7-14(19)10-13/h3-10,12,16,18,22H,11H2,1-2H3,(H,21,23). The fourth-order valence-corrected chi connectivity index (χ4v) is 2.41. The highest BCUT2D eigenvalue weighted by Crippen LogP contribution is 2.23. The summed E-state index contributed by atoms with van der Waals surface area (Å²) in [6, 6.07) is 12.5. The van der Waals surface area contributed by atoms with Crippen LogP contribution < -0.4 is 5.32 Å². The van der Waals surface area contributed by atoms with Crippen LogP contribution in [0.1, 0.15) is 37.6 Å². The monoisotopic (exact) mass is 332 g/mol. The molecule has 1 heterocycles. The Morgan fingerprint density at radius 1 is 1.26 bits per heavy atom. The van der Waals surface area contributed by atoms with Gasteiger partial charge in [0.1, 0.15) is 0 Å². The topological polar surface area (TPSA) is 62.2 Å². The van der Waals surface area contributed by atoms with E-state index in [1.54, 1.807) is 18.3 Å². The highest BCUT2D eigenvalue weighted by atomic mass is 35.5. The maximum absolute atomic E-state index is 12.3. The van der Waals surface area contributed by atoms with Crippen molar-refractivity contribution in [3.05, 3.63) is 64.9 Å². The number of carbonyl (C=O) groups excluding carboxylic acids is 1. The molecule has 122 valence electrons. The number of aromatic nitrogens is 1. The van der Waals surface area contributed by atoms with E-state index in [-0.39, 0.29) is 18.2 Å². The van der Waals surface area contributed by atoms with E-state index < -0.39 is 12.1 Å². The molecule has 4 nitrogen and oxygen atoms in total. The summed E-state index contributed by atoms with van der Waals surface area (Å²) >= 11 is 6.07. The number of hydrogen-bond donors (Lipinski definition) is 2. The van der Waals surface area contributed by atoms with E-state index in [0.29, 0.717) is 5.02 Å². The molecule has 0 saturated carbocycles. The van der Waals surface area contributed by atoms with Crippen molar-refractivity contribution < 1.29 is 9.90 Å². The Morgan fingerprint density at radius 3 is 2.65 bits per heavy atom. The summed E-state index contributed by atoms with van der Waals surface area (Å²) in [7, 11) is 0. The Bertz CT molecular complexity index is 646. The molecule has 0 aliphatic carbocycles. The SMILES string of the molecule is CC(C)C(O)CC(=O)NC(c1cccc(Cl)c1)c1ccccn1. The summed E-state index contributed by atoms with van der Waals surface area (Å²) in [6.07, 6.45) is 1.07. The Labute approximate surface area is 141 Å². The molecule has 2 rings (SSSR count). The van der Waals surface area contributed by atoms with Gasteiger partial charge < -0.3 is 10.4 Å². The Kier molecular flexibility index (Phi) is 6.13. The molecule has 0 saturated heterocycles. The summed E-state index contributed by atoms with van der Waals surface area (Å²) in [4.78, 5) is 16.6. The van der Waals surface area contributed by atoms with Crippen LogP contribution in [0.15, 0.2) is 48.7 Å². The largest absolute Gasteiger partial charge is 0.392 e. The molecular formula is C18H21ClN2O2. The molecule has 0 radical (unpaired) electrons. The number of benzene rings is 1. The number of aliphatic hydroxyl groups excluding tert-OH is 1. The van der Waals surface area contributed by atoms with E-state index in [4.69, 9.17) is 11.6 Å². The first-order valence-electron chi connectivity index (χ1n) is 7.61. The number of amides is 1. The second-order valence-corrected chi connectivity index (χ2v) is 6.26. The third kappa shape index (κ3) is 5.05. The van der Waals surface area contributed by atoms with Crippen molar-refractivity contribution in [2.45, 2.75) is 32.4 Å². The van der Waals surface area contributed by atoms with Gasteiger partial charge in [0.15, 0.2) is 0 Å². The minimum Gasteiger partial charge on any atom is -0.392 e. The van der Waals surface area contributed by atoms with Gasteiger partial charge in [-0.25, -0.2) is 0 Å². The Hall–Kier alpha value is -1.91. The van der Waals surface area contributed by atoms with Crippen LogP contribution in [0.4, 0.5) is 0 Å². The van der Waals surface area contributed by atoms with E-state index in [1.165, 1.54) is 0 Å². The molecule has 1 aromatic carbocycles. The van der Waals surface area contributed by atoms with Gasteiger partial charge in [-0.1, -0.05) is 43.6 Å². The zero-order valence-corrected chi connectivity index (χ0v) is 14.0. The number of rotatable bonds is 6. The lowest BCUT2D eigenvalue weighted by molar-refractivity contribution is -0.124. The van der Waals surface area contributed by atoms with E-state index in [2.05, 4.69) is 10.3 Å². The highest BCUT2D eigenvalue weighted by molar-refractivity contribution is 6.30. The molecule has 0 aliphatic heterocycles. The summed E-state index contributed by atoms with van der Waals surface area (Å²) < 4.78 is 0. The lowest BCUT2D eigenvalue weighted by Gasteiger charge is -2.21. The molecule has 0 bridgehead atoms. The number of carbonyl (C=O) groups is 1. The lowest BCUT2D eigenvalue weighted by atomic mass is 10.0. The Balaban J connectivity index is 2.23. The van der Waals surface area contributed by atoms with Crippen LogP contribution in [-0.2, 0) is 4.79 Å². The lowest BCUT2D eigenvalue weighted by Crippen LogP contribution is -2.33. The summed E-state index contributed by atoms with van der Waals surface area (Å²) in [5.41, 5.74) is 1.57. The quantitative estimate of drug-likeness (QED) is 0.852. The molecule has 2 unspecified atom stereocenters. The zero-order chi connectivity index (χ0) is 16.8. The summed E-state index contributed by atoms with van der Waals surface area (Å²) in [5.74, 6) is -0.193. The first-order valence-corrected chi connectivity index (χ1v) is 7.99. The maximum atomic E-state index is 12.3. The number of aliphatic hydroxyl groups is 1. The third-order valence-corrected chi connectivity index (χ3v) is 3.87. The maximum Gasteiger partial charge on any atom is 0.223 e. The van der Waals surface area contributed by atoms with Crippen LogP contribution in [0.3, 0.4) is 0 Å². The minimum absolute atomic E-state index is 0.0280. The molecule has 0 aliphatic rings. The molecular weight excluding hydrogens is 312 g/mol. The van der Waals surface area contributed by atoms with Gasteiger partial charge in [-0.2, -0.15) is 0 Å².